The van der Waals surface area contributed by atoms with Crippen LogP contribution < -0.4 is 5.32 Å². The number of nitrogens with zero attached hydrogens (tertiary/aromatic N) is 3. The molecule has 1 N–H and O–H groups in total. The third kappa shape index (κ3) is 4.46. The lowest BCUT2D eigenvalue weighted by Crippen LogP contribution is -2.43. The maximum atomic E-state index is 13.6. The number of carbonyl (C=O) groups excluding carboxylic acids is 2. The highest BCUT2D eigenvalue weighted by Gasteiger charge is 2.46. The van der Waals surface area contributed by atoms with Crippen LogP contribution in [0.5, 0.6) is 0 Å². The molecule has 33 heavy (non-hydrogen) atoms. The molecule has 2 amide bonds. The fraction of sp³-hybridized carbons (Fsp3) is 0.385. The number of nitrogens with one attached hydrogen (secondary N) is 1. The average molecular weight is 445 g/mol. The van der Waals surface area contributed by atoms with Crippen LogP contribution in [0.1, 0.15) is 45.5 Å². The van der Waals surface area contributed by atoms with Crippen LogP contribution in [0.4, 0.5) is 0 Å². The minimum Gasteiger partial charge on any atom is -0.381 e. The molecule has 2 aliphatic heterocycles. The number of aromatic nitrogens is 2. The first kappa shape index (κ1) is 21.5. The Morgan fingerprint density at radius 3 is 2.82 bits per heavy atom. The molecule has 0 saturated carbocycles. The summed E-state index contributed by atoms with van der Waals surface area (Å²) < 4.78 is 5.60. The van der Waals surface area contributed by atoms with Crippen LogP contribution in [0.3, 0.4) is 0 Å². The van der Waals surface area contributed by atoms with Crippen molar-refractivity contribution in [1.82, 2.24) is 20.2 Å². The number of hydrogen-bond donors (Lipinski definition) is 1. The summed E-state index contributed by atoms with van der Waals surface area (Å²) in [5.41, 5.74) is 3.04. The van der Waals surface area contributed by atoms with Crippen molar-refractivity contribution >= 4 is 22.7 Å². The molecule has 1 spiro atoms. The highest BCUT2D eigenvalue weighted by atomic mass is 16.5. The van der Waals surface area contributed by atoms with E-state index in [-0.39, 0.29) is 23.3 Å². The van der Waals surface area contributed by atoms with Crippen molar-refractivity contribution in [3.63, 3.8) is 0 Å². The molecular weight excluding hydrogens is 416 g/mol. The molecule has 2 aromatic heterocycles. The molecule has 5 rings (SSSR count). The van der Waals surface area contributed by atoms with E-state index in [0.29, 0.717) is 24.2 Å². The smallest absolute Gasteiger partial charge is 0.254 e. The van der Waals surface area contributed by atoms with E-state index >= 15 is 0 Å². The predicted octanol–water partition coefficient (Wildman–Crippen LogP) is 3.38. The van der Waals surface area contributed by atoms with E-state index in [1.54, 1.807) is 18.6 Å². The Balaban J connectivity index is 1.37. The SMILES string of the molecule is Cc1cncc(C(=O)NCC2CC3(CCOCC3)CN2C(=O)c2ccc3ncccc3c2)c1. The normalized spacial score (nSPS) is 19.7. The number of carbonyl (C=O) groups is 2. The average Bonchev–Trinajstić information content (AvgIpc) is 3.19. The highest BCUT2D eigenvalue weighted by Crippen LogP contribution is 2.43. The molecule has 1 atom stereocenters. The molecule has 7 heteroatoms. The van der Waals surface area contributed by atoms with Gasteiger partial charge in [0.05, 0.1) is 11.1 Å². The van der Waals surface area contributed by atoms with Crippen molar-refractivity contribution in [1.29, 1.82) is 0 Å². The minimum atomic E-state index is -0.164. The Kier molecular flexibility index (Phi) is 5.81. The van der Waals surface area contributed by atoms with Gasteiger partial charge in [0.15, 0.2) is 0 Å². The second-order valence-electron chi connectivity index (χ2n) is 9.28. The second kappa shape index (κ2) is 8.90. The number of aryl methyl sites for hydroxylation is 1. The van der Waals surface area contributed by atoms with E-state index in [1.165, 1.54) is 0 Å². The van der Waals surface area contributed by atoms with E-state index in [0.717, 1.165) is 48.9 Å². The van der Waals surface area contributed by atoms with Crippen LogP contribution in [0.15, 0.2) is 55.0 Å². The molecular formula is C26H28N4O3. The van der Waals surface area contributed by atoms with Crippen molar-refractivity contribution in [2.24, 2.45) is 5.41 Å². The summed E-state index contributed by atoms with van der Waals surface area (Å²) in [6, 6.07) is 11.3. The van der Waals surface area contributed by atoms with E-state index in [2.05, 4.69) is 15.3 Å². The fourth-order valence-electron chi connectivity index (χ4n) is 5.12. The van der Waals surface area contributed by atoms with Gasteiger partial charge in [-0.15, -0.1) is 0 Å². The van der Waals surface area contributed by atoms with Crippen LogP contribution in [-0.4, -0.2) is 59.0 Å². The Labute approximate surface area is 193 Å². The number of benzene rings is 1. The van der Waals surface area contributed by atoms with Crippen LogP contribution in [0, 0.1) is 12.3 Å². The number of hydrogen-bond acceptors (Lipinski definition) is 5. The third-order valence-electron chi connectivity index (χ3n) is 6.91. The zero-order valence-corrected chi connectivity index (χ0v) is 18.8. The molecule has 1 unspecified atom stereocenters. The summed E-state index contributed by atoms with van der Waals surface area (Å²) in [7, 11) is 0. The van der Waals surface area contributed by atoms with Crippen molar-refractivity contribution in [3.05, 3.63) is 71.7 Å². The third-order valence-corrected chi connectivity index (χ3v) is 6.91. The molecule has 2 saturated heterocycles. The number of likely N-dealkylation sites (tertiary alicyclic amines) is 1. The van der Waals surface area contributed by atoms with Crippen LogP contribution in [-0.2, 0) is 4.74 Å². The van der Waals surface area contributed by atoms with Crippen LogP contribution in [0.2, 0.25) is 0 Å². The number of amides is 2. The molecule has 170 valence electrons. The standard InChI is InChI=1S/C26H28N4O3/c1-18-11-21(15-27-14-18)24(31)29-16-22-13-26(6-9-33-10-7-26)17-30(22)25(32)20-4-5-23-19(12-20)3-2-8-28-23/h2-5,8,11-12,14-15,22H,6-7,9-10,13,16-17H2,1H3,(H,29,31). The summed E-state index contributed by atoms with van der Waals surface area (Å²) in [5, 5.41) is 3.99. The predicted molar refractivity (Wildman–Crippen MR) is 125 cm³/mol. The maximum Gasteiger partial charge on any atom is 0.254 e. The molecule has 3 aromatic rings. The molecule has 7 nitrogen and oxygen atoms in total. The summed E-state index contributed by atoms with van der Waals surface area (Å²) in [6.45, 7) is 4.45. The second-order valence-corrected chi connectivity index (χ2v) is 9.28. The lowest BCUT2D eigenvalue weighted by Gasteiger charge is -2.33. The van der Waals surface area contributed by atoms with Crippen molar-refractivity contribution in [2.45, 2.75) is 32.2 Å². The summed E-state index contributed by atoms with van der Waals surface area (Å²) >= 11 is 0. The van der Waals surface area contributed by atoms with Crippen molar-refractivity contribution in [2.75, 3.05) is 26.3 Å². The first-order valence-corrected chi connectivity index (χ1v) is 11.5. The van der Waals surface area contributed by atoms with Gasteiger partial charge in [0.2, 0.25) is 0 Å². The van der Waals surface area contributed by atoms with Crippen LogP contribution in [0.25, 0.3) is 10.9 Å². The van der Waals surface area contributed by atoms with E-state index in [9.17, 15) is 9.59 Å². The van der Waals surface area contributed by atoms with Crippen molar-refractivity contribution < 1.29 is 14.3 Å². The summed E-state index contributed by atoms with van der Waals surface area (Å²) in [4.78, 5) is 36.8. The zero-order chi connectivity index (χ0) is 22.8. The Morgan fingerprint density at radius 1 is 1.15 bits per heavy atom. The van der Waals surface area contributed by atoms with Gasteiger partial charge in [0.25, 0.3) is 11.8 Å². The Bertz CT molecular complexity index is 1190. The minimum absolute atomic E-state index is 0.000547. The van der Waals surface area contributed by atoms with Gasteiger partial charge in [-0.05, 0) is 67.5 Å². The molecule has 0 aliphatic carbocycles. The maximum absolute atomic E-state index is 13.6. The molecule has 0 bridgehead atoms. The first-order valence-electron chi connectivity index (χ1n) is 11.5. The van der Waals surface area contributed by atoms with E-state index in [1.807, 2.05) is 48.2 Å². The lowest BCUT2D eigenvalue weighted by atomic mass is 9.78. The molecule has 4 heterocycles. The Hall–Kier alpha value is -3.32. The van der Waals surface area contributed by atoms with Gasteiger partial charge in [-0.3, -0.25) is 19.6 Å². The van der Waals surface area contributed by atoms with Crippen LogP contribution >= 0.6 is 0 Å². The van der Waals surface area contributed by atoms with E-state index < -0.39 is 0 Å². The molecule has 2 fully saturated rings. The molecule has 1 aromatic carbocycles. The van der Waals surface area contributed by atoms with Gasteiger partial charge in [-0.1, -0.05) is 6.07 Å². The number of pyridine rings is 2. The molecule has 0 radical (unpaired) electrons. The van der Waals surface area contributed by atoms with Gasteiger partial charge >= 0.3 is 0 Å². The lowest BCUT2D eigenvalue weighted by molar-refractivity contribution is 0.0190. The quantitative estimate of drug-likeness (QED) is 0.667. The van der Waals surface area contributed by atoms with Gasteiger partial charge in [0.1, 0.15) is 0 Å². The Morgan fingerprint density at radius 2 is 2.00 bits per heavy atom. The molecule has 2 aliphatic rings. The fourth-order valence-corrected chi connectivity index (χ4v) is 5.12. The number of rotatable bonds is 4. The van der Waals surface area contributed by atoms with Gasteiger partial charge in [-0.2, -0.15) is 0 Å². The monoisotopic (exact) mass is 444 g/mol. The summed E-state index contributed by atoms with van der Waals surface area (Å²) in [6.07, 6.45) is 7.78. The van der Waals surface area contributed by atoms with Crippen molar-refractivity contribution in [3.8, 4) is 0 Å². The van der Waals surface area contributed by atoms with Gasteiger partial charge in [0, 0.05) is 61.9 Å². The first-order chi connectivity index (χ1) is 16.0. The zero-order valence-electron chi connectivity index (χ0n) is 18.8. The van der Waals surface area contributed by atoms with E-state index in [4.69, 9.17) is 4.74 Å². The topological polar surface area (TPSA) is 84.4 Å². The summed E-state index contributed by atoms with van der Waals surface area (Å²) in [5.74, 6) is -0.163. The van der Waals surface area contributed by atoms with Gasteiger partial charge < -0.3 is 15.0 Å². The number of ether oxygens (including phenoxy) is 1. The highest BCUT2D eigenvalue weighted by molar-refractivity contribution is 5.98. The largest absolute Gasteiger partial charge is 0.381 e. The number of fused-ring (bicyclic) bond motifs is 1. The van der Waals surface area contributed by atoms with Gasteiger partial charge in [-0.25, -0.2) is 0 Å².